The molecule has 1 aromatic rings. The van der Waals surface area contributed by atoms with Gasteiger partial charge < -0.3 is 15.2 Å². The lowest BCUT2D eigenvalue weighted by molar-refractivity contribution is -0.148. The van der Waals surface area contributed by atoms with Crippen molar-refractivity contribution in [1.29, 1.82) is 0 Å². The third-order valence-corrected chi connectivity index (χ3v) is 2.56. The maximum Gasteiger partial charge on any atom is 0.326 e. The highest BCUT2D eigenvalue weighted by Crippen LogP contribution is 2.07. The lowest BCUT2D eigenvalue weighted by atomic mass is 10.0. The number of hydrogen-bond donors (Lipinski definition) is 2. The first kappa shape index (κ1) is 15.7. The largest absolute Gasteiger partial charge is 0.480 e. The SMILES string of the molecule is CC(=O)OCC(=O)N[C@H](Cc1cccc(C)c1)C(=O)O. The van der Waals surface area contributed by atoms with Gasteiger partial charge in [0.25, 0.3) is 5.91 Å². The Morgan fingerprint density at radius 3 is 2.60 bits per heavy atom. The smallest absolute Gasteiger partial charge is 0.326 e. The van der Waals surface area contributed by atoms with Crippen LogP contribution in [0.15, 0.2) is 24.3 Å². The van der Waals surface area contributed by atoms with Gasteiger partial charge in [0.2, 0.25) is 0 Å². The van der Waals surface area contributed by atoms with E-state index in [4.69, 9.17) is 5.11 Å². The standard InChI is InChI=1S/C14H17NO5/c1-9-4-3-5-11(6-9)7-12(14(18)19)15-13(17)8-20-10(2)16/h3-6,12H,7-8H2,1-2H3,(H,15,17)(H,18,19)/t12-/m1/s1. The molecule has 0 aromatic heterocycles. The molecule has 0 aliphatic rings. The summed E-state index contributed by atoms with van der Waals surface area (Å²) >= 11 is 0. The number of aliphatic carboxylic acids is 1. The van der Waals surface area contributed by atoms with Gasteiger partial charge in [-0.1, -0.05) is 29.8 Å². The average molecular weight is 279 g/mol. The molecule has 6 heteroatoms. The minimum absolute atomic E-state index is 0.169. The molecular formula is C14H17NO5. The van der Waals surface area contributed by atoms with Gasteiger partial charge in [-0.05, 0) is 12.5 Å². The number of carbonyl (C=O) groups is 3. The van der Waals surface area contributed by atoms with Crippen LogP contribution < -0.4 is 5.32 Å². The Kier molecular flexibility index (Phi) is 5.71. The maximum absolute atomic E-state index is 11.5. The zero-order chi connectivity index (χ0) is 15.1. The van der Waals surface area contributed by atoms with E-state index in [1.54, 1.807) is 6.07 Å². The summed E-state index contributed by atoms with van der Waals surface area (Å²) < 4.78 is 4.51. The van der Waals surface area contributed by atoms with Crippen molar-refractivity contribution in [3.05, 3.63) is 35.4 Å². The molecule has 0 unspecified atom stereocenters. The summed E-state index contributed by atoms with van der Waals surface area (Å²) in [7, 11) is 0. The Hall–Kier alpha value is -2.37. The van der Waals surface area contributed by atoms with Gasteiger partial charge in [-0.2, -0.15) is 0 Å². The van der Waals surface area contributed by atoms with Crippen molar-refractivity contribution in [2.75, 3.05) is 6.61 Å². The van der Waals surface area contributed by atoms with E-state index in [2.05, 4.69) is 10.1 Å². The predicted octanol–water partition coefficient (Wildman–Crippen LogP) is 0.670. The molecular weight excluding hydrogens is 262 g/mol. The molecule has 1 amide bonds. The third-order valence-electron chi connectivity index (χ3n) is 2.56. The summed E-state index contributed by atoms with van der Waals surface area (Å²) in [6.45, 7) is 2.60. The van der Waals surface area contributed by atoms with Crippen LogP contribution in [0, 0.1) is 6.92 Å². The molecule has 108 valence electrons. The molecule has 20 heavy (non-hydrogen) atoms. The summed E-state index contributed by atoms with van der Waals surface area (Å²) in [5, 5.41) is 11.4. The van der Waals surface area contributed by atoms with Crippen LogP contribution >= 0.6 is 0 Å². The minimum atomic E-state index is -1.14. The fourth-order valence-electron chi connectivity index (χ4n) is 1.68. The topological polar surface area (TPSA) is 92.7 Å². The Morgan fingerprint density at radius 2 is 2.05 bits per heavy atom. The van der Waals surface area contributed by atoms with Gasteiger partial charge in [0, 0.05) is 13.3 Å². The molecule has 0 fully saturated rings. The van der Waals surface area contributed by atoms with Crippen LogP contribution in [0.5, 0.6) is 0 Å². The number of hydrogen-bond acceptors (Lipinski definition) is 4. The first-order valence-corrected chi connectivity index (χ1v) is 6.09. The Morgan fingerprint density at radius 1 is 1.35 bits per heavy atom. The fraction of sp³-hybridized carbons (Fsp3) is 0.357. The highest BCUT2D eigenvalue weighted by atomic mass is 16.5. The van der Waals surface area contributed by atoms with Crippen LogP contribution in [0.1, 0.15) is 18.1 Å². The second-order valence-corrected chi connectivity index (χ2v) is 4.43. The van der Waals surface area contributed by atoms with Crippen molar-refractivity contribution >= 4 is 17.8 Å². The van der Waals surface area contributed by atoms with Crippen LogP contribution in [0.25, 0.3) is 0 Å². The molecule has 0 saturated carbocycles. The van der Waals surface area contributed by atoms with Crippen LogP contribution in [0.4, 0.5) is 0 Å². The predicted molar refractivity (Wildman–Crippen MR) is 71.1 cm³/mol. The molecule has 0 saturated heterocycles. The van der Waals surface area contributed by atoms with E-state index in [9.17, 15) is 14.4 Å². The highest BCUT2D eigenvalue weighted by molar-refractivity contribution is 5.85. The molecule has 6 nitrogen and oxygen atoms in total. The summed E-state index contributed by atoms with van der Waals surface area (Å²) in [5.41, 5.74) is 1.82. The summed E-state index contributed by atoms with van der Waals surface area (Å²) in [4.78, 5) is 33.2. The molecule has 0 heterocycles. The zero-order valence-corrected chi connectivity index (χ0v) is 11.4. The van der Waals surface area contributed by atoms with Crippen LogP contribution in [0.2, 0.25) is 0 Å². The Labute approximate surface area is 116 Å². The van der Waals surface area contributed by atoms with Crippen molar-refractivity contribution in [2.24, 2.45) is 0 Å². The number of benzene rings is 1. The van der Waals surface area contributed by atoms with Crippen molar-refractivity contribution in [2.45, 2.75) is 26.3 Å². The molecule has 0 radical (unpaired) electrons. The van der Waals surface area contributed by atoms with Crippen molar-refractivity contribution in [1.82, 2.24) is 5.32 Å². The van der Waals surface area contributed by atoms with Crippen molar-refractivity contribution in [3.8, 4) is 0 Å². The van der Waals surface area contributed by atoms with E-state index in [0.717, 1.165) is 11.1 Å². The van der Waals surface area contributed by atoms with Crippen molar-refractivity contribution < 1.29 is 24.2 Å². The quantitative estimate of drug-likeness (QED) is 0.747. The fourth-order valence-corrected chi connectivity index (χ4v) is 1.68. The number of rotatable bonds is 6. The first-order valence-electron chi connectivity index (χ1n) is 6.09. The number of carboxylic acid groups (broad SMARTS) is 1. The number of aryl methyl sites for hydroxylation is 1. The van der Waals surface area contributed by atoms with Gasteiger partial charge in [0.15, 0.2) is 6.61 Å². The maximum atomic E-state index is 11.5. The number of ether oxygens (including phenoxy) is 1. The van der Waals surface area contributed by atoms with E-state index in [-0.39, 0.29) is 6.42 Å². The van der Waals surface area contributed by atoms with Gasteiger partial charge in [-0.3, -0.25) is 9.59 Å². The molecule has 1 atom stereocenters. The van der Waals surface area contributed by atoms with E-state index >= 15 is 0 Å². The van der Waals surface area contributed by atoms with Gasteiger partial charge in [0.1, 0.15) is 6.04 Å². The average Bonchev–Trinajstić information content (AvgIpc) is 2.35. The Bertz CT molecular complexity index is 512. The monoisotopic (exact) mass is 279 g/mol. The zero-order valence-electron chi connectivity index (χ0n) is 11.4. The summed E-state index contributed by atoms with van der Waals surface area (Å²) in [5.74, 6) is -2.37. The number of carboxylic acids is 1. The van der Waals surface area contributed by atoms with Crippen molar-refractivity contribution in [3.63, 3.8) is 0 Å². The molecule has 0 bridgehead atoms. The normalized spacial score (nSPS) is 11.5. The molecule has 2 N–H and O–H groups in total. The van der Waals surface area contributed by atoms with Gasteiger partial charge in [-0.25, -0.2) is 4.79 Å². The molecule has 1 rings (SSSR count). The van der Waals surface area contributed by atoms with Gasteiger partial charge in [-0.15, -0.1) is 0 Å². The van der Waals surface area contributed by atoms with E-state index in [0.29, 0.717) is 0 Å². The molecule has 0 spiro atoms. The molecule has 0 aliphatic heterocycles. The summed E-state index contributed by atoms with van der Waals surface area (Å²) in [6.07, 6.45) is 0.169. The minimum Gasteiger partial charge on any atom is -0.480 e. The lowest BCUT2D eigenvalue weighted by Crippen LogP contribution is -2.44. The van der Waals surface area contributed by atoms with E-state index in [1.807, 2.05) is 25.1 Å². The number of amides is 1. The van der Waals surface area contributed by atoms with Crippen LogP contribution in [-0.2, 0) is 25.5 Å². The van der Waals surface area contributed by atoms with Gasteiger partial charge >= 0.3 is 11.9 Å². The van der Waals surface area contributed by atoms with Crippen LogP contribution in [-0.4, -0.2) is 35.6 Å². The second-order valence-electron chi connectivity index (χ2n) is 4.43. The van der Waals surface area contributed by atoms with Crippen LogP contribution in [0.3, 0.4) is 0 Å². The second kappa shape index (κ2) is 7.28. The number of carbonyl (C=O) groups excluding carboxylic acids is 2. The third kappa shape index (κ3) is 5.51. The Balaban J connectivity index is 2.63. The summed E-state index contributed by atoms with van der Waals surface area (Å²) in [6, 6.07) is 6.32. The van der Waals surface area contributed by atoms with Gasteiger partial charge in [0.05, 0.1) is 0 Å². The molecule has 1 aromatic carbocycles. The van der Waals surface area contributed by atoms with E-state index < -0.39 is 30.5 Å². The highest BCUT2D eigenvalue weighted by Gasteiger charge is 2.20. The first-order chi connectivity index (χ1) is 9.38. The number of nitrogens with one attached hydrogen (secondary N) is 1. The molecule has 0 aliphatic carbocycles. The van der Waals surface area contributed by atoms with E-state index in [1.165, 1.54) is 6.92 Å². The number of esters is 1. The lowest BCUT2D eigenvalue weighted by Gasteiger charge is -2.14.